The van der Waals surface area contributed by atoms with Crippen molar-refractivity contribution in [2.45, 2.75) is 13.0 Å². The average Bonchev–Trinajstić information content (AvgIpc) is 2.36. The van der Waals surface area contributed by atoms with Crippen LogP contribution in [-0.2, 0) is 4.79 Å². The first-order valence-electron chi connectivity index (χ1n) is 5.67. The van der Waals surface area contributed by atoms with E-state index in [2.05, 4.69) is 15.6 Å². The molecule has 1 rings (SSSR count). The fraction of sp³-hybridized carbons (Fsp3) is 0.455. The van der Waals surface area contributed by atoms with Crippen molar-refractivity contribution in [3.05, 3.63) is 22.2 Å². The van der Waals surface area contributed by atoms with E-state index in [1.165, 1.54) is 17.0 Å². The number of likely N-dealkylation sites (N-methyl/N-ethyl adjacent to an activating group) is 1. The fourth-order valence-electron chi connectivity index (χ4n) is 1.50. The van der Waals surface area contributed by atoms with Gasteiger partial charge in [-0.3, -0.25) is 14.9 Å². The minimum atomic E-state index is -0.603. The molecule has 0 aliphatic carbocycles. The summed E-state index contributed by atoms with van der Waals surface area (Å²) >= 11 is 0. The Bertz CT molecular complexity index is 489. The van der Waals surface area contributed by atoms with Gasteiger partial charge < -0.3 is 15.5 Å². The van der Waals surface area contributed by atoms with E-state index < -0.39 is 11.0 Å². The van der Waals surface area contributed by atoms with Crippen molar-refractivity contribution in [1.82, 2.24) is 9.88 Å². The van der Waals surface area contributed by atoms with Gasteiger partial charge in [-0.05, 0) is 13.0 Å². The van der Waals surface area contributed by atoms with E-state index in [-0.39, 0.29) is 17.4 Å². The number of anilines is 2. The quantitative estimate of drug-likeness (QED) is 0.607. The Hall–Kier alpha value is -2.38. The number of rotatable bonds is 5. The summed E-state index contributed by atoms with van der Waals surface area (Å²) in [7, 11) is 4.89. The Morgan fingerprint density at radius 3 is 2.58 bits per heavy atom. The molecule has 0 radical (unpaired) electrons. The van der Waals surface area contributed by atoms with Crippen LogP contribution in [0.3, 0.4) is 0 Å². The molecule has 0 aliphatic rings. The predicted octanol–water partition coefficient (Wildman–Crippen LogP) is 0.920. The van der Waals surface area contributed by atoms with Crippen LogP contribution in [0.15, 0.2) is 12.1 Å². The van der Waals surface area contributed by atoms with Gasteiger partial charge in [0.05, 0.1) is 4.92 Å². The zero-order valence-corrected chi connectivity index (χ0v) is 11.3. The molecule has 2 N–H and O–H groups in total. The lowest BCUT2D eigenvalue weighted by Gasteiger charge is -2.18. The summed E-state index contributed by atoms with van der Waals surface area (Å²) in [6.45, 7) is 1.62. The topological polar surface area (TPSA) is 100 Å². The third-order valence-corrected chi connectivity index (χ3v) is 2.49. The van der Waals surface area contributed by atoms with Gasteiger partial charge in [0.25, 0.3) is 0 Å². The van der Waals surface area contributed by atoms with Crippen molar-refractivity contribution in [2.75, 3.05) is 31.8 Å². The zero-order chi connectivity index (χ0) is 14.6. The van der Waals surface area contributed by atoms with Gasteiger partial charge in [-0.15, -0.1) is 0 Å². The molecule has 0 aromatic carbocycles. The third-order valence-electron chi connectivity index (χ3n) is 2.49. The largest absolute Gasteiger partial charge is 0.373 e. The zero-order valence-electron chi connectivity index (χ0n) is 11.3. The molecular formula is C11H17N5O3. The van der Waals surface area contributed by atoms with Crippen LogP contribution < -0.4 is 10.6 Å². The van der Waals surface area contributed by atoms with E-state index in [9.17, 15) is 14.9 Å². The maximum atomic E-state index is 11.7. The standard InChI is InChI=1S/C11H17N5O3/c1-7(11(17)15(3)4)13-10-8(16(18)19)5-6-9(12-2)14-10/h5-7H,1-4H3,(H2,12,13,14). The second-order valence-corrected chi connectivity index (χ2v) is 4.17. The molecular weight excluding hydrogens is 250 g/mol. The Labute approximate surface area is 111 Å². The number of carbonyl (C=O) groups is 1. The average molecular weight is 267 g/mol. The van der Waals surface area contributed by atoms with Gasteiger partial charge >= 0.3 is 5.69 Å². The summed E-state index contributed by atoms with van der Waals surface area (Å²) in [6, 6.07) is 2.24. The second-order valence-electron chi connectivity index (χ2n) is 4.17. The molecule has 1 aromatic heterocycles. The van der Waals surface area contributed by atoms with Crippen LogP contribution in [0.1, 0.15) is 6.92 Å². The lowest BCUT2D eigenvalue weighted by atomic mass is 10.3. The molecule has 0 aliphatic heterocycles. The normalized spacial score (nSPS) is 11.6. The van der Waals surface area contributed by atoms with Gasteiger partial charge in [0.2, 0.25) is 11.7 Å². The molecule has 104 valence electrons. The van der Waals surface area contributed by atoms with Gasteiger partial charge in [0.1, 0.15) is 11.9 Å². The summed E-state index contributed by atoms with van der Waals surface area (Å²) in [5.74, 6) is 0.364. The highest BCUT2D eigenvalue weighted by Gasteiger charge is 2.21. The van der Waals surface area contributed by atoms with Gasteiger partial charge in [-0.25, -0.2) is 4.98 Å². The summed E-state index contributed by atoms with van der Waals surface area (Å²) in [6.07, 6.45) is 0. The van der Waals surface area contributed by atoms with E-state index in [0.29, 0.717) is 5.82 Å². The molecule has 1 aromatic rings. The number of pyridine rings is 1. The molecule has 0 saturated carbocycles. The van der Waals surface area contributed by atoms with Crippen LogP contribution in [-0.4, -0.2) is 47.9 Å². The van der Waals surface area contributed by atoms with Gasteiger partial charge in [-0.1, -0.05) is 0 Å². The van der Waals surface area contributed by atoms with Crippen molar-refractivity contribution >= 4 is 23.2 Å². The number of carbonyl (C=O) groups excluding carboxylic acids is 1. The molecule has 1 heterocycles. The van der Waals surface area contributed by atoms with Gasteiger partial charge in [0, 0.05) is 27.2 Å². The molecule has 0 spiro atoms. The van der Waals surface area contributed by atoms with Crippen molar-refractivity contribution in [2.24, 2.45) is 0 Å². The van der Waals surface area contributed by atoms with Crippen LogP contribution >= 0.6 is 0 Å². The minimum absolute atomic E-state index is 0.0690. The highest BCUT2D eigenvalue weighted by molar-refractivity contribution is 5.84. The first-order valence-corrected chi connectivity index (χ1v) is 5.67. The molecule has 1 unspecified atom stereocenters. The van der Waals surface area contributed by atoms with Crippen LogP contribution in [0.5, 0.6) is 0 Å². The predicted molar refractivity (Wildman–Crippen MR) is 72.2 cm³/mol. The maximum absolute atomic E-state index is 11.7. The van der Waals surface area contributed by atoms with Gasteiger partial charge in [0.15, 0.2) is 0 Å². The first-order chi connectivity index (χ1) is 8.86. The second kappa shape index (κ2) is 5.98. The maximum Gasteiger partial charge on any atom is 0.311 e. The minimum Gasteiger partial charge on any atom is -0.373 e. The Balaban J connectivity index is 3.04. The lowest BCUT2D eigenvalue weighted by molar-refractivity contribution is -0.384. The Morgan fingerprint density at radius 1 is 1.47 bits per heavy atom. The number of hydrogen-bond donors (Lipinski definition) is 2. The number of nitrogens with zero attached hydrogens (tertiary/aromatic N) is 3. The van der Waals surface area contributed by atoms with Crippen LogP contribution in [0.25, 0.3) is 0 Å². The SMILES string of the molecule is CNc1ccc([N+](=O)[O-])c(NC(C)C(=O)N(C)C)n1. The number of aromatic nitrogens is 1. The number of nitrogens with one attached hydrogen (secondary N) is 2. The molecule has 0 fully saturated rings. The monoisotopic (exact) mass is 267 g/mol. The van der Waals surface area contributed by atoms with Crippen LogP contribution in [0.2, 0.25) is 0 Å². The van der Waals surface area contributed by atoms with Crippen LogP contribution in [0.4, 0.5) is 17.3 Å². The molecule has 19 heavy (non-hydrogen) atoms. The van der Waals surface area contributed by atoms with Crippen molar-refractivity contribution < 1.29 is 9.72 Å². The van der Waals surface area contributed by atoms with E-state index in [1.807, 2.05) is 0 Å². The van der Waals surface area contributed by atoms with Gasteiger partial charge in [-0.2, -0.15) is 0 Å². The summed E-state index contributed by atoms with van der Waals surface area (Å²) in [4.78, 5) is 27.6. The summed E-state index contributed by atoms with van der Waals surface area (Å²) in [5, 5.41) is 16.5. The number of hydrogen-bond acceptors (Lipinski definition) is 6. The molecule has 8 heteroatoms. The lowest BCUT2D eigenvalue weighted by Crippen LogP contribution is -2.37. The van der Waals surface area contributed by atoms with Crippen molar-refractivity contribution in [1.29, 1.82) is 0 Å². The number of nitro groups is 1. The smallest absolute Gasteiger partial charge is 0.311 e. The van der Waals surface area contributed by atoms with E-state index >= 15 is 0 Å². The Morgan fingerprint density at radius 2 is 2.11 bits per heavy atom. The van der Waals surface area contributed by atoms with E-state index in [0.717, 1.165) is 0 Å². The van der Waals surface area contributed by atoms with Crippen molar-refractivity contribution in [3.63, 3.8) is 0 Å². The highest BCUT2D eigenvalue weighted by Crippen LogP contribution is 2.24. The first kappa shape index (κ1) is 14.7. The Kier molecular flexibility index (Phi) is 4.62. The van der Waals surface area contributed by atoms with E-state index in [4.69, 9.17) is 0 Å². The van der Waals surface area contributed by atoms with E-state index in [1.54, 1.807) is 28.1 Å². The molecule has 8 nitrogen and oxygen atoms in total. The molecule has 0 saturated heterocycles. The molecule has 0 bridgehead atoms. The van der Waals surface area contributed by atoms with Crippen molar-refractivity contribution in [3.8, 4) is 0 Å². The summed E-state index contributed by atoms with van der Waals surface area (Å²) < 4.78 is 0. The molecule has 1 atom stereocenters. The fourth-order valence-corrected chi connectivity index (χ4v) is 1.50. The van der Waals surface area contributed by atoms with Crippen LogP contribution in [0, 0.1) is 10.1 Å². The molecule has 1 amide bonds. The summed E-state index contributed by atoms with van der Waals surface area (Å²) in [5.41, 5.74) is -0.169. The number of amides is 1. The highest BCUT2D eigenvalue weighted by atomic mass is 16.6. The third kappa shape index (κ3) is 3.54.